The van der Waals surface area contributed by atoms with Gasteiger partial charge in [-0.2, -0.15) is 0 Å². The fraction of sp³-hybridized carbons (Fsp3) is 0.455. The van der Waals surface area contributed by atoms with Crippen LogP contribution < -0.4 is 15.1 Å². The summed E-state index contributed by atoms with van der Waals surface area (Å²) >= 11 is 0. The summed E-state index contributed by atoms with van der Waals surface area (Å²) in [6.45, 7) is 9.43. The Morgan fingerprint density at radius 2 is 1.45 bits per heavy atom. The third kappa shape index (κ3) is 7.44. The summed E-state index contributed by atoms with van der Waals surface area (Å²) in [5, 5.41) is 0.183. The molecule has 0 aliphatic rings. The second-order valence-corrected chi connectivity index (χ2v) is 8.68. The van der Waals surface area contributed by atoms with Crippen LogP contribution in [0.25, 0.3) is 11.0 Å². The minimum absolute atomic E-state index is 0.00419. The van der Waals surface area contributed by atoms with Gasteiger partial charge in [-0.05, 0) is 41.5 Å². The van der Waals surface area contributed by atoms with Crippen molar-refractivity contribution in [1.82, 2.24) is 0 Å². The Morgan fingerprint density at radius 1 is 0.903 bits per heavy atom. The number of carbonyl (C=O) groups is 3. The maximum atomic E-state index is 12.0. The largest absolute Gasteiger partial charge is 0.482 e. The normalized spacial score (nSPS) is 11.7. The summed E-state index contributed by atoms with van der Waals surface area (Å²) in [7, 11) is 0. The summed E-state index contributed by atoms with van der Waals surface area (Å²) in [5.41, 5.74) is -2.13. The molecule has 1 heterocycles. The molecule has 1 aromatic carbocycles. The Balaban J connectivity index is 2.35. The van der Waals surface area contributed by atoms with Gasteiger partial charge < -0.3 is 23.4 Å². The van der Waals surface area contributed by atoms with E-state index >= 15 is 0 Å². The van der Waals surface area contributed by atoms with Gasteiger partial charge in [-0.15, -0.1) is 0 Å². The highest BCUT2D eigenvalue weighted by atomic mass is 16.6. The summed E-state index contributed by atoms with van der Waals surface area (Å²) in [4.78, 5) is 47.2. The third-order valence-corrected chi connectivity index (χ3v) is 3.48. The van der Waals surface area contributed by atoms with Gasteiger partial charge in [0.05, 0.1) is 5.39 Å². The van der Waals surface area contributed by atoms with Crippen molar-refractivity contribution in [3.05, 3.63) is 34.2 Å². The van der Waals surface area contributed by atoms with Crippen molar-refractivity contribution in [2.75, 3.05) is 13.2 Å². The molecule has 0 atom stereocenters. The molecule has 9 nitrogen and oxygen atoms in total. The second kappa shape index (κ2) is 9.20. The Bertz CT molecular complexity index is 1040. The molecule has 168 valence electrons. The highest BCUT2D eigenvalue weighted by Gasteiger charge is 2.20. The number of carbonyl (C=O) groups excluding carboxylic acids is 3. The van der Waals surface area contributed by atoms with Gasteiger partial charge in [0.1, 0.15) is 28.3 Å². The van der Waals surface area contributed by atoms with E-state index in [1.54, 1.807) is 41.5 Å². The van der Waals surface area contributed by atoms with Crippen LogP contribution in [0.2, 0.25) is 0 Å². The average Bonchev–Trinajstić information content (AvgIpc) is 2.60. The zero-order chi connectivity index (χ0) is 23.4. The van der Waals surface area contributed by atoms with Crippen LogP contribution in [0.1, 0.15) is 51.9 Å². The molecular weight excluding hydrogens is 408 g/mol. The Kier molecular flexibility index (Phi) is 7.09. The first kappa shape index (κ1) is 23.9. The maximum absolute atomic E-state index is 12.0. The minimum atomic E-state index is -0.753. The van der Waals surface area contributed by atoms with Gasteiger partial charge in [0.25, 0.3) is 0 Å². The lowest BCUT2D eigenvalue weighted by atomic mass is 10.1. The smallest absolute Gasteiger partial charge is 0.344 e. The van der Waals surface area contributed by atoms with E-state index in [1.165, 1.54) is 12.1 Å². The molecule has 0 bridgehead atoms. The molecule has 0 aliphatic heterocycles. The molecule has 2 rings (SSSR count). The van der Waals surface area contributed by atoms with Crippen molar-refractivity contribution in [3.63, 3.8) is 0 Å². The molecule has 0 aliphatic carbocycles. The Morgan fingerprint density at radius 3 is 1.97 bits per heavy atom. The zero-order valence-corrected chi connectivity index (χ0v) is 18.4. The topological polar surface area (TPSA) is 118 Å². The molecule has 0 saturated carbocycles. The Hall–Kier alpha value is -3.36. The number of hydrogen-bond donors (Lipinski definition) is 0. The first-order valence-electron chi connectivity index (χ1n) is 9.54. The second-order valence-electron chi connectivity index (χ2n) is 8.68. The van der Waals surface area contributed by atoms with E-state index in [1.807, 2.05) is 0 Å². The van der Waals surface area contributed by atoms with Gasteiger partial charge in [0.2, 0.25) is 0 Å². The van der Waals surface area contributed by atoms with Gasteiger partial charge in [-0.25, -0.2) is 14.4 Å². The monoisotopic (exact) mass is 434 g/mol. The standard InChI is InChI=1S/C22H26O9/c1-21(2,3)30-18(25)11-27-14-8-15(28-12-19(26)31-22(4,5)6)20-13(10-23)7-17(24)29-16(20)9-14/h7-10H,11-12H2,1-6H3. The van der Waals surface area contributed by atoms with Crippen LogP contribution in [-0.4, -0.2) is 42.6 Å². The molecule has 0 unspecified atom stereocenters. The lowest BCUT2D eigenvalue weighted by Crippen LogP contribution is -2.27. The van der Waals surface area contributed by atoms with Crippen LogP contribution in [0.4, 0.5) is 0 Å². The van der Waals surface area contributed by atoms with Gasteiger partial charge in [0.15, 0.2) is 19.5 Å². The number of esters is 2. The first-order chi connectivity index (χ1) is 14.3. The quantitative estimate of drug-likeness (QED) is 0.368. The number of benzene rings is 1. The van der Waals surface area contributed by atoms with Crippen LogP contribution in [0.15, 0.2) is 27.4 Å². The number of ether oxygens (including phenoxy) is 4. The van der Waals surface area contributed by atoms with E-state index in [-0.39, 0.29) is 28.0 Å². The number of aldehydes is 1. The van der Waals surface area contributed by atoms with Crippen LogP contribution in [-0.2, 0) is 19.1 Å². The lowest BCUT2D eigenvalue weighted by molar-refractivity contribution is -0.158. The predicted octanol–water partition coefficient (Wildman–Crippen LogP) is 3.05. The minimum Gasteiger partial charge on any atom is -0.482 e. The lowest BCUT2D eigenvalue weighted by Gasteiger charge is -2.20. The molecule has 0 amide bonds. The zero-order valence-electron chi connectivity index (χ0n) is 18.4. The van der Waals surface area contributed by atoms with Crippen LogP contribution >= 0.6 is 0 Å². The fourth-order valence-corrected chi connectivity index (χ4v) is 2.58. The highest BCUT2D eigenvalue weighted by molar-refractivity contribution is 5.99. The summed E-state index contributed by atoms with van der Waals surface area (Å²) in [6, 6.07) is 3.73. The average molecular weight is 434 g/mol. The van der Waals surface area contributed by atoms with Crippen LogP contribution in [0, 0.1) is 0 Å². The fourth-order valence-electron chi connectivity index (χ4n) is 2.58. The van der Waals surface area contributed by atoms with Gasteiger partial charge >= 0.3 is 17.6 Å². The SMILES string of the molecule is CC(C)(C)OC(=O)COc1cc(OCC(=O)OC(C)(C)C)c2c(C=O)cc(=O)oc2c1. The van der Waals surface area contributed by atoms with Crippen molar-refractivity contribution >= 4 is 29.2 Å². The maximum Gasteiger partial charge on any atom is 0.344 e. The van der Waals surface area contributed by atoms with Crippen LogP contribution in [0.3, 0.4) is 0 Å². The van der Waals surface area contributed by atoms with E-state index in [9.17, 15) is 19.2 Å². The number of fused-ring (bicyclic) bond motifs is 1. The summed E-state index contributed by atoms with van der Waals surface area (Å²) < 4.78 is 26.5. The van der Waals surface area contributed by atoms with E-state index < -0.39 is 42.0 Å². The molecule has 0 N–H and O–H groups in total. The molecule has 0 spiro atoms. The third-order valence-electron chi connectivity index (χ3n) is 3.48. The van der Waals surface area contributed by atoms with E-state index in [2.05, 4.69) is 0 Å². The summed E-state index contributed by atoms with van der Waals surface area (Å²) in [5.74, 6) is -1.07. The van der Waals surface area contributed by atoms with Gasteiger partial charge in [-0.1, -0.05) is 0 Å². The Labute approximate surface area is 179 Å². The molecule has 9 heteroatoms. The van der Waals surface area contributed by atoms with E-state index in [0.29, 0.717) is 6.29 Å². The molecule has 31 heavy (non-hydrogen) atoms. The molecule has 0 fully saturated rings. The van der Waals surface area contributed by atoms with Crippen molar-refractivity contribution in [2.24, 2.45) is 0 Å². The molecular formula is C22H26O9. The predicted molar refractivity (Wildman–Crippen MR) is 111 cm³/mol. The number of hydrogen-bond acceptors (Lipinski definition) is 9. The van der Waals surface area contributed by atoms with E-state index in [4.69, 9.17) is 23.4 Å². The van der Waals surface area contributed by atoms with Crippen LogP contribution in [0.5, 0.6) is 11.5 Å². The first-order valence-corrected chi connectivity index (χ1v) is 9.54. The highest BCUT2D eigenvalue weighted by Crippen LogP contribution is 2.33. The van der Waals surface area contributed by atoms with Gasteiger partial charge in [0, 0.05) is 23.8 Å². The molecule has 0 saturated heterocycles. The van der Waals surface area contributed by atoms with Crippen molar-refractivity contribution in [3.8, 4) is 11.5 Å². The van der Waals surface area contributed by atoms with Gasteiger partial charge in [-0.3, -0.25) is 4.79 Å². The van der Waals surface area contributed by atoms with Crippen molar-refractivity contribution in [2.45, 2.75) is 52.7 Å². The van der Waals surface area contributed by atoms with Crippen molar-refractivity contribution in [1.29, 1.82) is 0 Å². The number of rotatable bonds is 7. The molecule has 1 aromatic heterocycles. The summed E-state index contributed by atoms with van der Waals surface area (Å²) in [6.07, 6.45) is 0.473. The van der Waals surface area contributed by atoms with Crippen molar-refractivity contribution < 1.29 is 37.7 Å². The van der Waals surface area contributed by atoms with E-state index in [0.717, 1.165) is 6.07 Å². The molecule has 2 aromatic rings. The molecule has 0 radical (unpaired) electrons.